The van der Waals surface area contributed by atoms with E-state index in [0.717, 1.165) is 18.4 Å². The van der Waals surface area contributed by atoms with Crippen molar-refractivity contribution in [2.45, 2.75) is 29.2 Å². The number of primary amides is 1. The number of nitrogens with zero attached hydrogens (tertiary/aromatic N) is 1. The lowest BCUT2D eigenvalue weighted by molar-refractivity contribution is -0.142. The van der Waals surface area contributed by atoms with E-state index in [1.165, 1.54) is 29.2 Å². The second kappa shape index (κ2) is 8.90. The summed E-state index contributed by atoms with van der Waals surface area (Å²) >= 11 is 5.73. The zero-order valence-electron chi connectivity index (χ0n) is 18.3. The first kappa shape index (κ1) is 24.6. The van der Waals surface area contributed by atoms with E-state index in [2.05, 4.69) is 0 Å². The Morgan fingerprint density at radius 3 is 2.53 bits per heavy atom. The highest BCUT2D eigenvalue weighted by atomic mass is 35.5. The van der Waals surface area contributed by atoms with Gasteiger partial charge in [-0.2, -0.15) is 0 Å². The Labute approximate surface area is 200 Å². The topological polar surface area (TPSA) is 107 Å². The number of carbonyl (C=O) groups excluding carboxylic acids is 2. The molecule has 2 atom stereocenters. The highest BCUT2D eigenvalue weighted by Crippen LogP contribution is 2.52. The number of amides is 2. The number of sulfone groups is 1. The van der Waals surface area contributed by atoms with Gasteiger partial charge in [0.1, 0.15) is 11.6 Å². The van der Waals surface area contributed by atoms with Crippen LogP contribution in [0.2, 0.25) is 5.02 Å². The Bertz CT molecular complexity index is 1270. The van der Waals surface area contributed by atoms with Gasteiger partial charge >= 0.3 is 0 Å². The number of hydrogen-bond acceptors (Lipinski definition) is 5. The number of rotatable bonds is 6. The third-order valence-electron chi connectivity index (χ3n) is 6.43. The third kappa shape index (κ3) is 4.30. The van der Waals surface area contributed by atoms with E-state index in [4.69, 9.17) is 22.1 Å². The van der Waals surface area contributed by atoms with Crippen molar-refractivity contribution in [3.05, 3.63) is 64.2 Å². The molecule has 1 aliphatic heterocycles. The molecule has 1 saturated carbocycles. The van der Waals surface area contributed by atoms with Gasteiger partial charge < -0.3 is 15.4 Å². The Morgan fingerprint density at radius 1 is 1.21 bits per heavy atom. The number of morpholine rings is 1. The van der Waals surface area contributed by atoms with Gasteiger partial charge in [-0.3, -0.25) is 9.59 Å². The molecule has 2 aromatic rings. The fourth-order valence-electron chi connectivity index (χ4n) is 4.68. The van der Waals surface area contributed by atoms with Crippen LogP contribution < -0.4 is 5.73 Å². The van der Waals surface area contributed by atoms with Crippen molar-refractivity contribution in [2.24, 2.45) is 11.7 Å². The lowest BCUT2D eigenvalue weighted by atomic mass is 9.73. The van der Waals surface area contributed by atoms with Crippen molar-refractivity contribution in [1.29, 1.82) is 0 Å². The number of nitrogens with two attached hydrogens (primary N) is 1. The quantitative estimate of drug-likeness (QED) is 0.599. The molecular formula is C23H23ClF2N2O5S. The number of halogens is 3. The van der Waals surface area contributed by atoms with Gasteiger partial charge in [-0.15, -0.1) is 0 Å². The summed E-state index contributed by atoms with van der Waals surface area (Å²) in [4.78, 5) is 27.9. The molecule has 2 fully saturated rings. The van der Waals surface area contributed by atoms with Crippen LogP contribution in [0.1, 0.15) is 34.7 Å². The first-order valence-electron chi connectivity index (χ1n) is 10.6. The van der Waals surface area contributed by atoms with Crippen LogP contribution in [-0.2, 0) is 19.4 Å². The van der Waals surface area contributed by atoms with Crippen LogP contribution in [0.4, 0.5) is 8.78 Å². The maximum Gasteiger partial charge on any atom is 0.254 e. The molecule has 0 radical (unpaired) electrons. The lowest BCUT2D eigenvalue weighted by Crippen LogP contribution is -2.68. The highest BCUT2D eigenvalue weighted by Gasteiger charge is 2.58. The van der Waals surface area contributed by atoms with E-state index >= 15 is 4.39 Å². The zero-order chi connectivity index (χ0) is 24.8. The minimum atomic E-state index is -3.60. The SMILES string of the molecule is CS(=O)(=O)c1cccc(C(=O)N2CCOCC2(C(N)=O)[C@@H](c2cc(F)c(Cl)cc2F)C2CC2)c1. The van der Waals surface area contributed by atoms with E-state index in [-0.39, 0.29) is 41.7 Å². The molecular weight excluding hydrogens is 490 g/mol. The Balaban J connectivity index is 1.87. The van der Waals surface area contributed by atoms with Crippen molar-refractivity contribution < 1.29 is 31.5 Å². The molecule has 2 aliphatic rings. The maximum atomic E-state index is 15.1. The van der Waals surface area contributed by atoms with E-state index in [0.29, 0.717) is 12.8 Å². The zero-order valence-corrected chi connectivity index (χ0v) is 19.8. The fourth-order valence-corrected chi connectivity index (χ4v) is 5.50. The number of benzene rings is 2. The van der Waals surface area contributed by atoms with Crippen molar-refractivity contribution in [3.63, 3.8) is 0 Å². The largest absolute Gasteiger partial charge is 0.377 e. The van der Waals surface area contributed by atoms with E-state index in [1.807, 2.05) is 0 Å². The van der Waals surface area contributed by atoms with Crippen LogP contribution in [0, 0.1) is 17.6 Å². The molecule has 34 heavy (non-hydrogen) atoms. The maximum absolute atomic E-state index is 15.1. The van der Waals surface area contributed by atoms with Crippen LogP contribution >= 0.6 is 11.6 Å². The molecule has 1 heterocycles. The highest BCUT2D eigenvalue weighted by molar-refractivity contribution is 7.90. The van der Waals surface area contributed by atoms with E-state index < -0.39 is 49.8 Å². The van der Waals surface area contributed by atoms with Crippen molar-refractivity contribution in [1.82, 2.24) is 4.90 Å². The van der Waals surface area contributed by atoms with E-state index in [9.17, 15) is 22.4 Å². The molecule has 0 bridgehead atoms. The summed E-state index contributed by atoms with van der Waals surface area (Å²) in [6.45, 7) is -0.280. The lowest BCUT2D eigenvalue weighted by Gasteiger charge is -2.49. The minimum Gasteiger partial charge on any atom is -0.377 e. The second-order valence-electron chi connectivity index (χ2n) is 8.70. The van der Waals surface area contributed by atoms with Gasteiger partial charge in [0.05, 0.1) is 23.1 Å². The standard InChI is InChI=1S/C23H23ClF2N2O5S/c1-34(31,32)15-4-2-3-14(9-15)21(29)28-7-8-33-12-23(28,22(27)30)20(13-5-6-13)16-10-19(26)17(24)11-18(16)25/h2-4,9-11,13,20H,5-8,12H2,1H3,(H2,27,30)/t20-,23?/m1/s1. The van der Waals surface area contributed by atoms with Crippen LogP contribution in [0.5, 0.6) is 0 Å². The predicted octanol–water partition coefficient (Wildman–Crippen LogP) is 2.91. The normalized spacial score (nSPS) is 21.8. The molecule has 0 spiro atoms. The summed E-state index contributed by atoms with van der Waals surface area (Å²) in [5.41, 5.74) is 3.96. The Morgan fingerprint density at radius 2 is 1.91 bits per heavy atom. The molecule has 4 rings (SSSR count). The van der Waals surface area contributed by atoms with Crippen LogP contribution in [0.15, 0.2) is 41.3 Å². The molecule has 2 N–H and O–H groups in total. The average molecular weight is 513 g/mol. The van der Waals surface area contributed by atoms with Crippen LogP contribution in [0.25, 0.3) is 0 Å². The minimum absolute atomic E-state index is 0.0211. The fraction of sp³-hybridized carbons (Fsp3) is 0.391. The Kier molecular flexibility index (Phi) is 6.43. The van der Waals surface area contributed by atoms with Gasteiger partial charge in [-0.25, -0.2) is 17.2 Å². The van der Waals surface area contributed by atoms with Gasteiger partial charge in [0.25, 0.3) is 5.91 Å². The van der Waals surface area contributed by atoms with Gasteiger partial charge in [0, 0.05) is 24.3 Å². The van der Waals surface area contributed by atoms with Crippen LogP contribution in [0.3, 0.4) is 0 Å². The van der Waals surface area contributed by atoms with Gasteiger partial charge in [0.2, 0.25) is 5.91 Å². The summed E-state index contributed by atoms with van der Waals surface area (Å²) in [6, 6.07) is 7.18. The summed E-state index contributed by atoms with van der Waals surface area (Å²) in [5, 5.41) is -0.408. The molecule has 182 valence electrons. The van der Waals surface area contributed by atoms with Crippen molar-refractivity contribution in [2.75, 3.05) is 26.0 Å². The third-order valence-corrected chi connectivity index (χ3v) is 7.83. The summed E-state index contributed by atoms with van der Waals surface area (Å²) in [6.07, 6.45) is 2.25. The van der Waals surface area contributed by atoms with Crippen LogP contribution in [-0.4, -0.2) is 56.7 Å². The summed E-state index contributed by atoms with van der Waals surface area (Å²) in [7, 11) is -3.60. The Hall–Kier alpha value is -2.56. The first-order valence-corrected chi connectivity index (χ1v) is 12.9. The number of hydrogen-bond donors (Lipinski definition) is 1. The number of carbonyl (C=O) groups is 2. The average Bonchev–Trinajstić information content (AvgIpc) is 3.61. The first-order chi connectivity index (χ1) is 16.0. The summed E-state index contributed by atoms with van der Waals surface area (Å²) < 4.78 is 59.1. The molecule has 2 aromatic carbocycles. The molecule has 1 saturated heterocycles. The van der Waals surface area contributed by atoms with Crippen molar-refractivity contribution >= 4 is 33.3 Å². The molecule has 1 unspecified atom stereocenters. The molecule has 2 amide bonds. The van der Waals surface area contributed by atoms with E-state index in [1.54, 1.807) is 0 Å². The molecule has 1 aliphatic carbocycles. The summed E-state index contributed by atoms with van der Waals surface area (Å²) in [5.74, 6) is -4.50. The molecule has 7 nitrogen and oxygen atoms in total. The van der Waals surface area contributed by atoms with Gasteiger partial charge in [0.15, 0.2) is 15.4 Å². The number of ether oxygens (including phenoxy) is 1. The van der Waals surface area contributed by atoms with Gasteiger partial charge in [-0.1, -0.05) is 17.7 Å². The smallest absolute Gasteiger partial charge is 0.254 e. The molecule has 0 aromatic heterocycles. The predicted molar refractivity (Wildman–Crippen MR) is 120 cm³/mol. The second-order valence-corrected chi connectivity index (χ2v) is 11.1. The van der Waals surface area contributed by atoms with Gasteiger partial charge in [-0.05, 0) is 54.7 Å². The molecule has 11 heteroatoms. The monoisotopic (exact) mass is 512 g/mol. The van der Waals surface area contributed by atoms with Crippen molar-refractivity contribution in [3.8, 4) is 0 Å².